The van der Waals surface area contributed by atoms with E-state index >= 15 is 0 Å². The molecule has 28 heavy (non-hydrogen) atoms. The maximum Gasteiger partial charge on any atom is 0.251 e. The zero-order chi connectivity index (χ0) is 19.8. The zero-order valence-corrected chi connectivity index (χ0v) is 16.2. The molecule has 148 valence electrons. The largest absolute Gasteiger partial charge is 0.379 e. The molecule has 0 unspecified atom stereocenters. The Labute approximate surface area is 165 Å². The first kappa shape index (κ1) is 20.0. The number of nitrogens with zero attached hydrogens (tertiary/aromatic N) is 1. The van der Waals surface area contributed by atoms with Crippen molar-refractivity contribution >= 4 is 11.8 Å². The fourth-order valence-electron chi connectivity index (χ4n) is 3.11. The van der Waals surface area contributed by atoms with E-state index < -0.39 is 0 Å². The van der Waals surface area contributed by atoms with E-state index in [9.17, 15) is 9.59 Å². The van der Waals surface area contributed by atoms with Crippen molar-refractivity contribution in [1.82, 2.24) is 15.5 Å². The predicted octanol–water partition coefficient (Wildman–Crippen LogP) is 1.99. The number of benzene rings is 2. The first-order valence-electron chi connectivity index (χ1n) is 9.64. The van der Waals surface area contributed by atoms with Gasteiger partial charge in [-0.1, -0.05) is 24.3 Å². The minimum absolute atomic E-state index is 0.125. The van der Waals surface area contributed by atoms with Crippen LogP contribution in [0, 0.1) is 6.92 Å². The van der Waals surface area contributed by atoms with Gasteiger partial charge in [-0.05, 0) is 42.3 Å². The quantitative estimate of drug-likeness (QED) is 0.770. The summed E-state index contributed by atoms with van der Waals surface area (Å²) in [6.45, 7) is 7.22. The SMILES string of the molecule is Cc1ccccc1CNC(=O)c1ccc(C(=O)NCCN2CCOCC2)cc1. The molecule has 1 saturated heterocycles. The number of aryl methyl sites for hydroxylation is 1. The fourth-order valence-corrected chi connectivity index (χ4v) is 3.11. The smallest absolute Gasteiger partial charge is 0.251 e. The van der Waals surface area contributed by atoms with E-state index in [-0.39, 0.29) is 11.8 Å². The van der Waals surface area contributed by atoms with E-state index in [1.54, 1.807) is 24.3 Å². The molecule has 2 N–H and O–H groups in total. The lowest BCUT2D eigenvalue weighted by Crippen LogP contribution is -2.41. The van der Waals surface area contributed by atoms with Gasteiger partial charge in [-0.3, -0.25) is 14.5 Å². The van der Waals surface area contributed by atoms with E-state index in [0.717, 1.165) is 44.0 Å². The standard InChI is InChI=1S/C22H27N3O3/c1-17-4-2-3-5-20(17)16-24-22(27)19-8-6-18(7-9-19)21(26)23-10-11-25-12-14-28-15-13-25/h2-9H,10-16H2,1H3,(H,23,26)(H,24,27). The van der Waals surface area contributed by atoms with Crippen molar-refractivity contribution in [2.45, 2.75) is 13.5 Å². The molecular formula is C22H27N3O3. The van der Waals surface area contributed by atoms with Gasteiger partial charge < -0.3 is 15.4 Å². The summed E-state index contributed by atoms with van der Waals surface area (Å²) < 4.78 is 5.31. The molecule has 0 aliphatic carbocycles. The highest BCUT2D eigenvalue weighted by Crippen LogP contribution is 2.08. The van der Waals surface area contributed by atoms with Crippen LogP contribution in [0.4, 0.5) is 0 Å². The van der Waals surface area contributed by atoms with Crippen LogP contribution in [0.5, 0.6) is 0 Å². The second-order valence-electron chi connectivity index (χ2n) is 6.90. The summed E-state index contributed by atoms with van der Waals surface area (Å²) >= 11 is 0. The van der Waals surface area contributed by atoms with Crippen LogP contribution in [0.2, 0.25) is 0 Å². The topological polar surface area (TPSA) is 70.7 Å². The van der Waals surface area contributed by atoms with Crippen LogP contribution in [-0.2, 0) is 11.3 Å². The summed E-state index contributed by atoms with van der Waals surface area (Å²) in [7, 11) is 0. The van der Waals surface area contributed by atoms with Gasteiger partial charge in [0.2, 0.25) is 0 Å². The number of rotatable bonds is 7. The van der Waals surface area contributed by atoms with E-state index in [0.29, 0.717) is 24.2 Å². The highest BCUT2D eigenvalue weighted by Gasteiger charge is 2.12. The summed E-state index contributed by atoms with van der Waals surface area (Å²) in [6.07, 6.45) is 0. The summed E-state index contributed by atoms with van der Waals surface area (Å²) in [5.74, 6) is -0.275. The molecule has 1 aliphatic rings. The summed E-state index contributed by atoms with van der Waals surface area (Å²) in [5.41, 5.74) is 3.33. The molecule has 6 heteroatoms. The van der Waals surface area contributed by atoms with E-state index in [2.05, 4.69) is 15.5 Å². The molecule has 3 rings (SSSR count). The Morgan fingerprint density at radius 1 is 0.929 bits per heavy atom. The number of carbonyl (C=O) groups is 2. The molecule has 0 radical (unpaired) electrons. The third-order valence-electron chi connectivity index (χ3n) is 4.93. The Morgan fingerprint density at radius 2 is 1.54 bits per heavy atom. The molecule has 0 saturated carbocycles. The van der Waals surface area contributed by atoms with Crippen molar-refractivity contribution < 1.29 is 14.3 Å². The average Bonchev–Trinajstić information content (AvgIpc) is 2.74. The molecule has 6 nitrogen and oxygen atoms in total. The normalized spacial score (nSPS) is 14.5. The summed E-state index contributed by atoms with van der Waals surface area (Å²) in [4.78, 5) is 26.9. The van der Waals surface area contributed by atoms with Crippen LogP contribution in [0.25, 0.3) is 0 Å². The van der Waals surface area contributed by atoms with Crippen LogP contribution < -0.4 is 10.6 Å². The van der Waals surface area contributed by atoms with Gasteiger partial charge in [-0.2, -0.15) is 0 Å². The third kappa shape index (κ3) is 5.65. The molecule has 1 fully saturated rings. The average molecular weight is 381 g/mol. The van der Waals surface area contributed by atoms with Gasteiger partial charge in [0.05, 0.1) is 13.2 Å². The molecule has 0 atom stereocenters. The number of hydrogen-bond acceptors (Lipinski definition) is 4. The lowest BCUT2D eigenvalue weighted by Gasteiger charge is -2.26. The van der Waals surface area contributed by atoms with E-state index in [1.807, 2.05) is 31.2 Å². The van der Waals surface area contributed by atoms with Gasteiger partial charge in [-0.15, -0.1) is 0 Å². The van der Waals surface area contributed by atoms with Gasteiger partial charge in [0.25, 0.3) is 11.8 Å². The van der Waals surface area contributed by atoms with Gasteiger partial charge >= 0.3 is 0 Å². The molecule has 2 aromatic rings. The molecule has 0 spiro atoms. The van der Waals surface area contributed by atoms with Crippen molar-refractivity contribution in [3.63, 3.8) is 0 Å². The first-order valence-corrected chi connectivity index (χ1v) is 9.64. The van der Waals surface area contributed by atoms with Crippen molar-refractivity contribution in [3.05, 3.63) is 70.8 Å². The molecule has 0 aromatic heterocycles. The lowest BCUT2D eigenvalue weighted by molar-refractivity contribution is 0.0383. The minimum atomic E-state index is -0.150. The summed E-state index contributed by atoms with van der Waals surface area (Å²) in [6, 6.07) is 14.7. The van der Waals surface area contributed by atoms with Gasteiger partial charge in [0.1, 0.15) is 0 Å². The number of hydrogen-bond donors (Lipinski definition) is 2. The lowest BCUT2D eigenvalue weighted by atomic mass is 10.1. The summed E-state index contributed by atoms with van der Waals surface area (Å²) in [5, 5.41) is 5.85. The second-order valence-corrected chi connectivity index (χ2v) is 6.90. The number of morpholine rings is 1. The number of nitrogens with one attached hydrogen (secondary N) is 2. The van der Waals surface area contributed by atoms with Gasteiger partial charge in [0.15, 0.2) is 0 Å². The highest BCUT2D eigenvalue weighted by molar-refractivity contribution is 5.97. The maximum absolute atomic E-state index is 12.3. The minimum Gasteiger partial charge on any atom is -0.379 e. The molecular weight excluding hydrogens is 354 g/mol. The second kappa shape index (κ2) is 10.0. The van der Waals surface area contributed by atoms with E-state index in [4.69, 9.17) is 4.74 Å². The Balaban J connectivity index is 1.46. The third-order valence-corrected chi connectivity index (χ3v) is 4.93. The molecule has 2 amide bonds. The highest BCUT2D eigenvalue weighted by atomic mass is 16.5. The number of amides is 2. The van der Waals surface area contributed by atoms with Crippen LogP contribution in [0.3, 0.4) is 0 Å². The predicted molar refractivity (Wildman–Crippen MR) is 108 cm³/mol. The Hall–Kier alpha value is -2.70. The van der Waals surface area contributed by atoms with Crippen LogP contribution in [0.15, 0.2) is 48.5 Å². The zero-order valence-electron chi connectivity index (χ0n) is 16.2. The van der Waals surface area contributed by atoms with Crippen LogP contribution in [0.1, 0.15) is 31.8 Å². The Morgan fingerprint density at radius 3 is 2.18 bits per heavy atom. The van der Waals surface area contributed by atoms with Crippen LogP contribution >= 0.6 is 0 Å². The Bertz CT molecular complexity index is 799. The monoisotopic (exact) mass is 381 g/mol. The molecule has 1 heterocycles. The van der Waals surface area contributed by atoms with Crippen molar-refractivity contribution in [3.8, 4) is 0 Å². The maximum atomic E-state index is 12.3. The fraction of sp³-hybridized carbons (Fsp3) is 0.364. The van der Waals surface area contributed by atoms with Crippen molar-refractivity contribution in [1.29, 1.82) is 0 Å². The molecule has 0 bridgehead atoms. The Kier molecular flexibility index (Phi) is 7.17. The van der Waals surface area contributed by atoms with Crippen molar-refractivity contribution in [2.75, 3.05) is 39.4 Å². The molecule has 1 aliphatic heterocycles. The van der Waals surface area contributed by atoms with Gasteiger partial charge in [-0.25, -0.2) is 0 Å². The molecule has 2 aromatic carbocycles. The first-order chi connectivity index (χ1) is 13.6. The van der Waals surface area contributed by atoms with Crippen LogP contribution in [-0.4, -0.2) is 56.1 Å². The van der Waals surface area contributed by atoms with Crippen molar-refractivity contribution in [2.24, 2.45) is 0 Å². The van der Waals surface area contributed by atoms with Gasteiger partial charge in [0, 0.05) is 43.9 Å². The number of carbonyl (C=O) groups excluding carboxylic acids is 2. The van der Waals surface area contributed by atoms with E-state index in [1.165, 1.54) is 0 Å². The number of ether oxygens (including phenoxy) is 1.